The number of nitrogens with zero attached hydrogens (tertiary/aromatic N) is 4. The van der Waals surface area contributed by atoms with E-state index in [9.17, 15) is 14.7 Å². The van der Waals surface area contributed by atoms with E-state index in [1.807, 2.05) is 30.5 Å². The van der Waals surface area contributed by atoms with Crippen LogP contribution in [-0.2, 0) is 17.8 Å². The van der Waals surface area contributed by atoms with Crippen LogP contribution >= 0.6 is 11.3 Å². The molecule has 0 aliphatic rings. The Morgan fingerprint density at radius 1 is 1.13 bits per heavy atom. The molecule has 4 aromatic rings. The van der Waals surface area contributed by atoms with Gasteiger partial charge in [-0.1, -0.05) is 35.5 Å². The van der Waals surface area contributed by atoms with Gasteiger partial charge < -0.3 is 10.4 Å². The minimum atomic E-state index is -0.987. The first kappa shape index (κ1) is 20.4. The summed E-state index contributed by atoms with van der Waals surface area (Å²) in [5, 5.41) is 20.5. The van der Waals surface area contributed by atoms with Gasteiger partial charge in [0.25, 0.3) is 0 Å². The molecule has 0 spiro atoms. The van der Waals surface area contributed by atoms with Gasteiger partial charge >= 0.3 is 5.97 Å². The molecule has 0 fully saturated rings. The first-order valence-corrected chi connectivity index (χ1v) is 10.5. The quantitative estimate of drug-likeness (QED) is 0.441. The first-order valence-electron chi connectivity index (χ1n) is 9.58. The number of aromatic nitrogens is 4. The van der Waals surface area contributed by atoms with Crippen LogP contribution in [0, 0.1) is 0 Å². The van der Waals surface area contributed by atoms with Gasteiger partial charge in [-0.15, -0.1) is 16.4 Å². The Bertz CT molecular complexity index is 1200. The van der Waals surface area contributed by atoms with Crippen molar-refractivity contribution in [1.29, 1.82) is 0 Å². The second-order valence-corrected chi connectivity index (χ2v) is 7.71. The van der Waals surface area contributed by atoms with Gasteiger partial charge in [0.15, 0.2) is 0 Å². The van der Waals surface area contributed by atoms with Crippen molar-refractivity contribution in [1.82, 2.24) is 25.3 Å². The maximum atomic E-state index is 12.3. The number of amides is 1. The molecule has 2 aromatic heterocycles. The Labute approximate surface area is 182 Å². The summed E-state index contributed by atoms with van der Waals surface area (Å²) in [5.74, 6) is -1.13. The largest absolute Gasteiger partial charge is 0.478 e. The highest BCUT2D eigenvalue weighted by atomic mass is 32.1. The van der Waals surface area contributed by atoms with Crippen molar-refractivity contribution in [3.8, 4) is 16.3 Å². The number of aromatic carboxylic acids is 1. The Kier molecular flexibility index (Phi) is 6.13. The number of hydrogen-bond donors (Lipinski definition) is 2. The molecule has 31 heavy (non-hydrogen) atoms. The van der Waals surface area contributed by atoms with Crippen LogP contribution in [0.2, 0.25) is 0 Å². The Hall–Kier alpha value is -3.85. The fourth-order valence-electron chi connectivity index (χ4n) is 3.14. The third-order valence-electron chi connectivity index (χ3n) is 4.71. The zero-order chi connectivity index (χ0) is 21.6. The molecule has 0 bridgehead atoms. The van der Waals surface area contributed by atoms with Crippen LogP contribution in [0.3, 0.4) is 0 Å². The highest BCUT2D eigenvalue weighted by Crippen LogP contribution is 2.21. The summed E-state index contributed by atoms with van der Waals surface area (Å²) < 4.78 is 1.68. The lowest BCUT2D eigenvalue weighted by Gasteiger charge is -2.08. The van der Waals surface area contributed by atoms with Gasteiger partial charge in [0.2, 0.25) is 5.91 Å². The number of carbonyl (C=O) groups is 2. The topological polar surface area (TPSA) is 110 Å². The molecule has 0 aliphatic heterocycles. The highest BCUT2D eigenvalue weighted by molar-refractivity contribution is 7.13. The molecule has 2 heterocycles. The van der Waals surface area contributed by atoms with Gasteiger partial charge in [0.05, 0.1) is 27.8 Å². The molecule has 1 amide bonds. The van der Waals surface area contributed by atoms with Gasteiger partial charge in [0, 0.05) is 19.2 Å². The normalized spacial score (nSPS) is 10.7. The average Bonchev–Trinajstić information content (AvgIpc) is 3.48. The van der Waals surface area contributed by atoms with E-state index in [2.05, 4.69) is 20.6 Å². The van der Waals surface area contributed by atoms with Crippen LogP contribution < -0.4 is 5.32 Å². The summed E-state index contributed by atoms with van der Waals surface area (Å²) in [4.78, 5) is 28.5. The maximum absolute atomic E-state index is 12.3. The third kappa shape index (κ3) is 5.01. The molecule has 0 saturated carbocycles. The Balaban J connectivity index is 1.35. The van der Waals surface area contributed by atoms with Crippen LogP contribution in [-0.4, -0.2) is 37.0 Å². The van der Waals surface area contributed by atoms with Crippen molar-refractivity contribution in [3.05, 3.63) is 83.1 Å². The standard InChI is InChI=1S/C22H19N5O3S/c28-21(9-8-16-5-1-2-7-18(16)22(29)30)24-11-15-4-3-6-17(10-15)27-13-19(25-26-27)20-12-23-14-31-20/h1-7,10,12-14H,8-9,11H2,(H,24,28)(H,29,30). The molecule has 156 valence electrons. The number of thiazole rings is 1. The lowest BCUT2D eigenvalue weighted by molar-refractivity contribution is -0.121. The second kappa shape index (κ2) is 9.31. The van der Waals surface area contributed by atoms with E-state index < -0.39 is 5.97 Å². The van der Waals surface area contributed by atoms with Crippen LogP contribution in [0.5, 0.6) is 0 Å². The smallest absolute Gasteiger partial charge is 0.335 e. The number of rotatable bonds is 8. The zero-order valence-corrected chi connectivity index (χ0v) is 17.2. The minimum Gasteiger partial charge on any atom is -0.478 e. The summed E-state index contributed by atoms with van der Waals surface area (Å²) in [6.45, 7) is 0.365. The Morgan fingerprint density at radius 2 is 2.00 bits per heavy atom. The number of nitrogens with one attached hydrogen (secondary N) is 1. The van der Waals surface area contributed by atoms with Gasteiger partial charge in [-0.05, 0) is 35.7 Å². The summed E-state index contributed by atoms with van der Waals surface area (Å²) in [5.41, 5.74) is 5.14. The van der Waals surface area contributed by atoms with Crippen LogP contribution in [0.4, 0.5) is 0 Å². The lowest BCUT2D eigenvalue weighted by atomic mass is 10.0. The summed E-state index contributed by atoms with van der Waals surface area (Å²) in [6, 6.07) is 14.4. The number of benzene rings is 2. The monoisotopic (exact) mass is 433 g/mol. The van der Waals surface area contributed by atoms with E-state index in [4.69, 9.17) is 0 Å². The van der Waals surface area contributed by atoms with Crippen molar-refractivity contribution >= 4 is 23.2 Å². The molecule has 0 radical (unpaired) electrons. The summed E-state index contributed by atoms with van der Waals surface area (Å²) in [6.07, 6.45) is 4.17. The summed E-state index contributed by atoms with van der Waals surface area (Å²) >= 11 is 1.50. The van der Waals surface area contributed by atoms with Gasteiger partial charge in [-0.25, -0.2) is 9.48 Å². The number of hydrogen-bond acceptors (Lipinski definition) is 6. The van der Waals surface area contributed by atoms with Gasteiger partial charge in [-0.3, -0.25) is 9.78 Å². The third-order valence-corrected chi connectivity index (χ3v) is 5.51. The minimum absolute atomic E-state index is 0.140. The van der Waals surface area contributed by atoms with E-state index in [1.54, 1.807) is 40.7 Å². The molecule has 0 unspecified atom stereocenters. The van der Waals surface area contributed by atoms with Crippen molar-refractivity contribution in [3.63, 3.8) is 0 Å². The highest BCUT2D eigenvalue weighted by Gasteiger charge is 2.11. The van der Waals surface area contributed by atoms with Gasteiger partial charge in [-0.2, -0.15) is 0 Å². The van der Waals surface area contributed by atoms with E-state index in [-0.39, 0.29) is 17.9 Å². The van der Waals surface area contributed by atoms with Crippen molar-refractivity contribution in [2.45, 2.75) is 19.4 Å². The molecular weight excluding hydrogens is 414 g/mol. The van der Waals surface area contributed by atoms with E-state index >= 15 is 0 Å². The molecule has 2 N–H and O–H groups in total. The Morgan fingerprint density at radius 3 is 2.81 bits per heavy atom. The predicted molar refractivity (Wildman–Crippen MR) is 116 cm³/mol. The van der Waals surface area contributed by atoms with Crippen LogP contribution in [0.15, 0.2) is 66.4 Å². The first-order chi connectivity index (χ1) is 15.1. The molecule has 0 saturated heterocycles. The molecular formula is C22H19N5O3S. The fraction of sp³-hybridized carbons (Fsp3) is 0.136. The van der Waals surface area contributed by atoms with Crippen molar-refractivity contribution in [2.24, 2.45) is 0 Å². The summed E-state index contributed by atoms with van der Waals surface area (Å²) in [7, 11) is 0. The fourth-order valence-corrected chi connectivity index (χ4v) is 3.71. The molecule has 9 heteroatoms. The zero-order valence-electron chi connectivity index (χ0n) is 16.4. The van der Waals surface area contributed by atoms with Crippen LogP contribution in [0.25, 0.3) is 16.3 Å². The SMILES string of the molecule is O=C(CCc1ccccc1C(=O)O)NCc1cccc(-n2cc(-c3cncs3)nn2)c1. The van der Waals surface area contributed by atoms with E-state index in [1.165, 1.54) is 11.3 Å². The second-order valence-electron chi connectivity index (χ2n) is 6.82. The van der Waals surface area contributed by atoms with E-state index in [0.29, 0.717) is 18.5 Å². The number of carboxylic acids is 1. The van der Waals surface area contributed by atoms with Crippen molar-refractivity contribution in [2.75, 3.05) is 0 Å². The molecule has 2 aromatic carbocycles. The number of carboxylic acid groups (broad SMARTS) is 1. The predicted octanol–water partition coefficient (Wildman–Crippen LogP) is 3.34. The van der Waals surface area contributed by atoms with E-state index in [0.717, 1.165) is 21.8 Å². The van der Waals surface area contributed by atoms with Crippen LogP contribution in [0.1, 0.15) is 27.9 Å². The number of carbonyl (C=O) groups excluding carboxylic acids is 1. The molecule has 8 nitrogen and oxygen atoms in total. The molecule has 0 atom stereocenters. The maximum Gasteiger partial charge on any atom is 0.335 e. The lowest BCUT2D eigenvalue weighted by Crippen LogP contribution is -2.23. The average molecular weight is 433 g/mol. The molecule has 0 aliphatic carbocycles. The number of aryl methyl sites for hydroxylation is 1. The molecule has 4 rings (SSSR count). The van der Waals surface area contributed by atoms with Crippen molar-refractivity contribution < 1.29 is 14.7 Å². The van der Waals surface area contributed by atoms with Gasteiger partial charge in [0.1, 0.15) is 5.69 Å².